The lowest BCUT2D eigenvalue weighted by Crippen LogP contribution is -2.32. The fourth-order valence-corrected chi connectivity index (χ4v) is 3.05. The lowest BCUT2D eigenvalue weighted by molar-refractivity contribution is 0.412. The molecule has 3 nitrogen and oxygen atoms in total. The van der Waals surface area contributed by atoms with Crippen LogP contribution in [-0.2, 0) is 0 Å². The normalized spacial score (nSPS) is 28.5. The molecule has 0 aromatic carbocycles. The predicted octanol–water partition coefficient (Wildman–Crippen LogP) is 2.46. The molecule has 94 valence electrons. The Labute approximate surface area is 104 Å². The molecule has 0 bridgehead atoms. The van der Waals surface area contributed by atoms with Crippen LogP contribution in [0.2, 0.25) is 0 Å². The molecule has 0 saturated heterocycles. The first-order valence-electron chi connectivity index (χ1n) is 6.59. The molecule has 1 heterocycles. The van der Waals surface area contributed by atoms with Crippen LogP contribution in [0, 0.1) is 12.8 Å². The van der Waals surface area contributed by atoms with Gasteiger partial charge in [-0.3, -0.25) is 0 Å². The van der Waals surface area contributed by atoms with Gasteiger partial charge >= 0.3 is 0 Å². The Morgan fingerprint density at radius 1 is 1.47 bits per heavy atom. The third-order valence-corrected chi connectivity index (χ3v) is 4.01. The van der Waals surface area contributed by atoms with Crippen LogP contribution in [0.3, 0.4) is 0 Å². The lowest BCUT2D eigenvalue weighted by atomic mass is 9.88. The molecule has 0 aliphatic heterocycles. The van der Waals surface area contributed by atoms with Crippen LogP contribution in [0.25, 0.3) is 0 Å². The van der Waals surface area contributed by atoms with Gasteiger partial charge in [-0.25, -0.2) is 4.98 Å². The van der Waals surface area contributed by atoms with Gasteiger partial charge in [0, 0.05) is 12.2 Å². The Morgan fingerprint density at radius 2 is 2.24 bits per heavy atom. The van der Waals surface area contributed by atoms with Crippen LogP contribution in [-0.4, -0.2) is 17.6 Å². The number of hydrogen-bond acceptors (Lipinski definition) is 3. The predicted molar refractivity (Wildman–Crippen MR) is 72.0 cm³/mol. The SMILES string of the molecule is CCNC1CCC(c2cc(C)cnc2N)C1C. The Hall–Kier alpha value is -1.09. The quantitative estimate of drug-likeness (QED) is 0.843. The summed E-state index contributed by atoms with van der Waals surface area (Å²) in [5, 5.41) is 3.57. The molecule has 0 radical (unpaired) electrons. The monoisotopic (exact) mass is 233 g/mol. The van der Waals surface area contributed by atoms with Gasteiger partial charge in [-0.05, 0) is 49.3 Å². The van der Waals surface area contributed by atoms with E-state index in [2.05, 4.69) is 37.1 Å². The number of hydrogen-bond donors (Lipinski definition) is 2. The smallest absolute Gasteiger partial charge is 0.126 e. The van der Waals surface area contributed by atoms with E-state index in [1.165, 1.54) is 24.0 Å². The fourth-order valence-electron chi connectivity index (χ4n) is 3.05. The van der Waals surface area contributed by atoms with Gasteiger partial charge in [0.25, 0.3) is 0 Å². The van der Waals surface area contributed by atoms with Crippen LogP contribution in [0.4, 0.5) is 5.82 Å². The molecular weight excluding hydrogens is 210 g/mol. The van der Waals surface area contributed by atoms with E-state index in [1.54, 1.807) is 0 Å². The van der Waals surface area contributed by atoms with Crippen molar-refractivity contribution in [3.05, 3.63) is 23.4 Å². The molecule has 17 heavy (non-hydrogen) atoms. The molecule has 1 saturated carbocycles. The molecule has 2 rings (SSSR count). The average molecular weight is 233 g/mol. The van der Waals surface area contributed by atoms with E-state index in [1.807, 2.05) is 6.20 Å². The molecule has 0 spiro atoms. The Kier molecular flexibility index (Phi) is 3.67. The van der Waals surface area contributed by atoms with Crippen molar-refractivity contribution in [2.45, 2.75) is 45.6 Å². The maximum absolute atomic E-state index is 6.02. The van der Waals surface area contributed by atoms with Gasteiger partial charge in [-0.15, -0.1) is 0 Å². The van der Waals surface area contributed by atoms with Gasteiger partial charge < -0.3 is 11.1 Å². The van der Waals surface area contributed by atoms with Gasteiger partial charge in [0.15, 0.2) is 0 Å². The minimum absolute atomic E-state index is 0.562. The topological polar surface area (TPSA) is 50.9 Å². The van der Waals surface area contributed by atoms with Crippen molar-refractivity contribution in [2.75, 3.05) is 12.3 Å². The number of nitrogen functional groups attached to an aromatic ring is 1. The highest BCUT2D eigenvalue weighted by atomic mass is 14.9. The molecule has 0 amide bonds. The number of aryl methyl sites for hydroxylation is 1. The highest BCUT2D eigenvalue weighted by Gasteiger charge is 2.34. The first kappa shape index (κ1) is 12.4. The molecule has 3 atom stereocenters. The van der Waals surface area contributed by atoms with Crippen molar-refractivity contribution in [2.24, 2.45) is 5.92 Å². The molecule has 3 heteroatoms. The van der Waals surface area contributed by atoms with Crippen LogP contribution in [0.1, 0.15) is 43.7 Å². The van der Waals surface area contributed by atoms with E-state index in [4.69, 9.17) is 5.73 Å². The molecule has 1 aliphatic rings. The minimum atomic E-state index is 0.562. The van der Waals surface area contributed by atoms with Crippen molar-refractivity contribution in [3.63, 3.8) is 0 Å². The summed E-state index contributed by atoms with van der Waals surface area (Å²) in [6, 6.07) is 2.84. The third-order valence-electron chi connectivity index (χ3n) is 4.01. The summed E-state index contributed by atoms with van der Waals surface area (Å²) in [6.45, 7) is 7.62. The zero-order chi connectivity index (χ0) is 12.4. The van der Waals surface area contributed by atoms with Crippen LogP contribution >= 0.6 is 0 Å². The van der Waals surface area contributed by atoms with Crippen LogP contribution in [0.15, 0.2) is 12.3 Å². The third kappa shape index (κ3) is 2.44. The van der Waals surface area contributed by atoms with Gasteiger partial charge in [0.1, 0.15) is 5.82 Å². The molecule has 1 aromatic heterocycles. The van der Waals surface area contributed by atoms with Crippen molar-refractivity contribution >= 4 is 5.82 Å². The van der Waals surface area contributed by atoms with Crippen molar-refractivity contribution in [1.29, 1.82) is 0 Å². The molecule has 1 aromatic rings. The number of nitrogens with one attached hydrogen (secondary N) is 1. The molecular formula is C14H23N3. The maximum Gasteiger partial charge on any atom is 0.126 e. The van der Waals surface area contributed by atoms with Gasteiger partial charge in [0.05, 0.1) is 0 Å². The summed E-state index contributed by atoms with van der Waals surface area (Å²) in [5.41, 5.74) is 8.47. The second-order valence-corrected chi connectivity index (χ2v) is 5.19. The summed E-state index contributed by atoms with van der Waals surface area (Å²) >= 11 is 0. The molecule has 3 N–H and O–H groups in total. The Morgan fingerprint density at radius 3 is 2.94 bits per heavy atom. The first-order valence-corrected chi connectivity index (χ1v) is 6.59. The van der Waals surface area contributed by atoms with Gasteiger partial charge in [-0.1, -0.05) is 19.9 Å². The highest BCUT2D eigenvalue weighted by Crippen LogP contribution is 2.41. The highest BCUT2D eigenvalue weighted by molar-refractivity contribution is 5.44. The second kappa shape index (κ2) is 5.05. The number of nitrogens with two attached hydrogens (primary N) is 1. The van der Waals surface area contributed by atoms with E-state index in [9.17, 15) is 0 Å². The first-order chi connectivity index (χ1) is 8.13. The lowest BCUT2D eigenvalue weighted by Gasteiger charge is -2.22. The number of rotatable bonds is 3. The molecule has 3 unspecified atom stereocenters. The molecule has 1 aliphatic carbocycles. The number of anilines is 1. The number of nitrogens with zero attached hydrogens (tertiary/aromatic N) is 1. The summed E-state index contributed by atoms with van der Waals surface area (Å²) in [7, 11) is 0. The summed E-state index contributed by atoms with van der Waals surface area (Å²) in [5.74, 6) is 1.91. The standard InChI is InChI=1S/C14H23N3/c1-4-16-13-6-5-11(10(13)3)12-7-9(2)8-17-14(12)15/h7-8,10-11,13,16H,4-6H2,1-3H3,(H2,15,17). The zero-order valence-corrected chi connectivity index (χ0v) is 11.0. The average Bonchev–Trinajstić information content (AvgIpc) is 2.65. The molecule has 1 fully saturated rings. The van der Waals surface area contributed by atoms with Crippen molar-refractivity contribution in [1.82, 2.24) is 10.3 Å². The second-order valence-electron chi connectivity index (χ2n) is 5.19. The maximum atomic E-state index is 6.02. The van der Waals surface area contributed by atoms with Crippen LogP contribution in [0.5, 0.6) is 0 Å². The van der Waals surface area contributed by atoms with Crippen molar-refractivity contribution in [3.8, 4) is 0 Å². The van der Waals surface area contributed by atoms with E-state index >= 15 is 0 Å². The Bertz CT molecular complexity index is 389. The van der Waals surface area contributed by atoms with Crippen molar-refractivity contribution < 1.29 is 0 Å². The largest absolute Gasteiger partial charge is 0.383 e. The summed E-state index contributed by atoms with van der Waals surface area (Å²) in [4.78, 5) is 4.29. The van der Waals surface area contributed by atoms with E-state index in [-0.39, 0.29) is 0 Å². The summed E-state index contributed by atoms with van der Waals surface area (Å²) in [6.07, 6.45) is 4.31. The van der Waals surface area contributed by atoms with E-state index in [0.29, 0.717) is 23.7 Å². The minimum Gasteiger partial charge on any atom is -0.383 e. The summed E-state index contributed by atoms with van der Waals surface area (Å²) < 4.78 is 0. The van der Waals surface area contributed by atoms with E-state index in [0.717, 1.165) is 6.54 Å². The van der Waals surface area contributed by atoms with Gasteiger partial charge in [-0.2, -0.15) is 0 Å². The fraction of sp³-hybridized carbons (Fsp3) is 0.643. The Balaban J connectivity index is 2.20. The number of aromatic nitrogens is 1. The van der Waals surface area contributed by atoms with Crippen LogP contribution < -0.4 is 11.1 Å². The number of pyridine rings is 1. The zero-order valence-electron chi connectivity index (χ0n) is 11.0. The van der Waals surface area contributed by atoms with E-state index < -0.39 is 0 Å². The van der Waals surface area contributed by atoms with Gasteiger partial charge in [0.2, 0.25) is 0 Å².